The molecule has 2 aromatic carbocycles. The van der Waals surface area contributed by atoms with Gasteiger partial charge in [-0.3, -0.25) is 9.36 Å². The first kappa shape index (κ1) is 22.2. The largest absolute Gasteiger partial charge is 0.416 e. The third kappa shape index (κ3) is 3.72. The van der Waals surface area contributed by atoms with Gasteiger partial charge in [-0.2, -0.15) is 13.2 Å². The molecule has 0 amide bonds. The Labute approximate surface area is 188 Å². The van der Waals surface area contributed by atoms with Crippen LogP contribution in [-0.4, -0.2) is 15.7 Å². The first-order chi connectivity index (χ1) is 14.8. The first-order valence-electron chi connectivity index (χ1n) is 10.0. The fourth-order valence-electron chi connectivity index (χ4n) is 4.35. The maximum Gasteiger partial charge on any atom is 0.416 e. The van der Waals surface area contributed by atoms with Crippen molar-refractivity contribution < 1.29 is 13.2 Å². The molecule has 5 rings (SSSR count). The number of alkyl halides is 3. The van der Waals surface area contributed by atoms with E-state index in [0.29, 0.717) is 11.1 Å². The molecule has 0 saturated heterocycles. The van der Waals surface area contributed by atoms with Gasteiger partial charge in [-0.15, -0.1) is 12.4 Å². The second-order valence-corrected chi connectivity index (χ2v) is 7.81. The first-order valence-corrected chi connectivity index (χ1v) is 10.0. The summed E-state index contributed by atoms with van der Waals surface area (Å²) in [5.74, 6) is 0. The molecule has 166 valence electrons. The molecular formula is C24H21ClF3N3O. The van der Waals surface area contributed by atoms with Crippen molar-refractivity contribution in [3.63, 3.8) is 0 Å². The molecular weight excluding hydrogens is 439 g/mol. The van der Waals surface area contributed by atoms with Gasteiger partial charge in [0.25, 0.3) is 5.56 Å². The van der Waals surface area contributed by atoms with Gasteiger partial charge in [0.1, 0.15) is 0 Å². The number of nitrogens with zero attached hydrogens (tertiary/aromatic N) is 2. The Hall–Kier alpha value is -3.03. The second-order valence-electron chi connectivity index (χ2n) is 7.81. The molecule has 1 aliphatic rings. The van der Waals surface area contributed by atoms with E-state index >= 15 is 0 Å². The fourth-order valence-corrected chi connectivity index (χ4v) is 4.35. The number of rotatable bonds is 2. The molecule has 1 N–H and O–H groups in total. The molecule has 0 bridgehead atoms. The normalized spacial score (nSPS) is 13.6. The average molecular weight is 460 g/mol. The quantitative estimate of drug-likeness (QED) is 0.454. The SMILES string of the molecule is Cl.Cn1c2c(c3ccc(-n4ccc(-c5ccc(C(F)(F)F)cc5)cc4=O)cc31)CCNC2. The molecule has 4 aromatic rings. The van der Waals surface area contributed by atoms with Crippen LogP contribution in [0.3, 0.4) is 0 Å². The molecule has 0 aliphatic carbocycles. The summed E-state index contributed by atoms with van der Waals surface area (Å²) in [7, 11) is 2.04. The third-order valence-electron chi connectivity index (χ3n) is 6.01. The van der Waals surface area contributed by atoms with E-state index in [-0.39, 0.29) is 18.0 Å². The minimum absolute atomic E-state index is 0. The molecule has 4 nitrogen and oxygen atoms in total. The Morgan fingerprint density at radius 3 is 2.41 bits per heavy atom. The van der Waals surface area contributed by atoms with Crippen molar-refractivity contribution in [3.05, 3.63) is 88.0 Å². The fraction of sp³-hybridized carbons (Fsp3) is 0.208. The predicted molar refractivity (Wildman–Crippen MR) is 122 cm³/mol. The summed E-state index contributed by atoms with van der Waals surface area (Å²) < 4.78 is 42.1. The number of benzene rings is 2. The van der Waals surface area contributed by atoms with Crippen LogP contribution >= 0.6 is 12.4 Å². The van der Waals surface area contributed by atoms with Gasteiger partial charge in [-0.1, -0.05) is 18.2 Å². The van der Waals surface area contributed by atoms with E-state index in [9.17, 15) is 18.0 Å². The Morgan fingerprint density at radius 2 is 1.72 bits per heavy atom. The molecule has 3 heterocycles. The Balaban J connectivity index is 0.00000245. The summed E-state index contributed by atoms with van der Waals surface area (Å²) in [5, 5.41) is 4.60. The maximum atomic E-state index is 12.8. The molecule has 32 heavy (non-hydrogen) atoms. The monoisotopic (exact) mass is 459 g/mol. The van der Waals surface area contributed by atoms with Gasteiger partial charge in [0.15, 0.2) is 0 Å². The van der Waals surface area contributed by atoms with Gasteiger partial charge >= 0.3 is 6.18 Å². The van der Waals surface area contributed by atoms with Gasteiger partial charge in [-0.25, -0.2) is 0 Å². The summed E-state index contributed by atoms with van der Waals surface area (Å²) in [6, 6.07) is 14.0. The van der Waals surface area contributed by atoms with Crippen LogP contribution in [0.25, 0.3) is 27.7 Å². The van der Waals surface area contributed by atoms with E-state index in [2.05, 4.69) is 16.0 Å². The molecule has 0 saturated carbocycles. The van der Waals surface area contributed by atoms with E-state index in [1.54, 1.807) is 16.8 Å². The molecule has 0 unspecified atom stereocenters. The lowest BCUT2D eigenvalue weighted by Crippen LogP contribution is -2.24. The van der Waals surface area contributed by atoms with E-state index in [1.165, 1.54) is 34.8 Å². The molecule has 0 atom stereocenters. The summed E-state index contributed by atoms with van der Waals surface area (Å²) in [5.41, 5.74) is 4.64. The van der Waals surface area contributed by atoms with Crippen LogP contribution in [0.1, 0.15) is 16.8 Å². The van der Waals surface area contributed by atoms with Crippen molar-refractivity contribution in [1.82, 2.24) is 14.5 Å². The lowest BCUT2D eigenvalue weighted by molar-refractivity contribution is -0.137. The Morgan fingerprint density at radius 1 is 0.969 bits per heavy atom. The second kappa shape index (κ2) is 8.15. The van der Waals surface area contributed by atoms with Crippen LogP contribution in [0, 0.1) is 0 Å². The summed E-state index contributed by atoms with van der Waals surface area (Å²) in [6.45, 7) is 1.79. The molecule has 0 spiro atoms. The molecule has 1 aliphatic heterocycles. The van der Waals surface area contributed by atoms with Crippen LogP contribution < -0.4 is 10.9 Å². The van der Waals surface area contributed by atoms with E-state index < -0.39 is 11.7 Å². The average Bonchev–Trinajstić information content (AvgIpc) is 3.05. The number of aromatic nitrogens is 2. The van der Waals surface area contributed by atoms with Crippen molar-refractivity contribution in [2.24, 2.45) is 7.05 Å². The lowest BCUT2D eigenvalue weighted by Gasteiger charge is -2.14. The number of fused-ring (bicyclic) bond motifs is 3. The number of hydrogen-bond acceptors (Lipinski definition) is 2. The van der Waals surface area contributed by atoms with Gasteiger partial charge in [0.05, 0.1) is 16.8 Å². The number of halogens is 4. The predicted octanol–water partition coefficient (Wildman–Crippen LogP) is 5.08. The zero-order valence-corrected chi connectivity index (χ0v) is 18.1. The van der Waals surface area contributed by atoms with Gasteiger partial charge in [0, 0.05) is 36.9 Å². The van der Waals surface area contributed by atoms with Crippen molar-refractivity contribution >= 4 is 23.3 Å². The smallest absolute Gasteiger partial charge is 0.346 e. The minimum Gasteiger partial charge on any atom is -0.346 e. The van der Waals surface area contributed by atoms with Crippen LogP contribution in [0.5, 0.6) is 0 Å². The Kier molecular flexibility index (Phi) is 5.65. The van der Waals surface area contributed by atoms with Crippen molar-refractivity contribution in [1.29, 1.82) is 0 Å². The summed E-state index contributed by atoms with van der Waals surface area (Å²) >= 11 is 0. The van der Waals surface area contributed by atoms with E-state index in [0.717, 1.165) is 42.8 Å². The standard InChI is InChI=1S/C24H20F3N3O.ClH/c1-29-21-13-18(6-7-19(21)20-8-10-28-14-22(20)29)30-11-9-16(12-23(30)31)15-2-4-17(5-3-15)24(25,26)27;/h2-7,9,11-13,28H,8,10,14H2,1H3;1H. The third-order valence-corrected chi connectivity index (χ3v) is 6.01. The van der Waals surface area contributed by atoms with Crippen LogP contribution in [0.4, 0.5) is 13.2 Å². The zero-order valence-electron chi connectivity index (χ0n) is 17.2. The van der Waals surface area contributed by atoms with Crippen molar-refractivity contribution in [2.45, 2.75) is 19.1 Å². The van der Waals surface area contributed by atoms with Gasteiger partial charge in [0.2, 0.25) is 0 Å². The zero-order chi connectivity index (χ0) is 21.8. The lowest BCUT2D eigenvalue weighted by atomic mass is 10.0. The molecule has 0 fully saturated rings. The number of aryl methyl sites for hydroxylation is 1. The maximum absolute atomic E-state index is 12.8. The van der Waals surface area contributed by atoms with Gasteiger partial charge < -0.3 is 9.88 Å². The van der Waals surface area contributed by atoms with Crippen LogP contribution in [-0.2, 0) is 26.2 Å². The highest BCUT2D eigenvalue weighted by molar-refractivity contribution is 5.87. The highest BCUT2D eigenvalue weighted by atomic mass is 35.5. The summed E-state index contributed by atoms with van der Waals surface area (Å²) in [4.78, 5) is 12.8. The van der Waals surface area contributed by atoms with E-state index in [4.69, 9.17) is 0 Å². The number of pyridine rings is 1. The van der Waals surface area contributed by atoms with Crippen LogP contribution in [0.2, 0.25) is 0 Å². The minimum atomic E-state index is -4.38. The topological polar surface area (TPSA) is 39.0 Å². The molecule has 8 heteroatoms. The van der Waals surface area contributed by atoms with Gasteiger partial charge in [-0.05, 0) is 60.0 Å². The number of nitrogens with one attached hydrogen (secondary N) is 1. The number of hydrogen-bond donors (Lipinski definition) is 1. The highest BCUT2D eigenvalue weighted by Gasteiger charge is 2.30. The van der Waals surface area contributed by atoms with Crippen molar-refractivity contribution in [3.8, 4) is 16.8 Å². The van der Waals surface area contributed by atoms with Crippen molar-refractivity contribution in [2.75, 3.05) is 6.54 Å². The Bertz CT molecular complexity index is 1350. The van der Waals surface area contributed by atoms with E-state index in [1.807, 2.05) is 19.2 Å². The summed E-state index contributed by atoms with van der Waals surface area (Å²) in [6.07, 6.45) is -1.73. The highest BCUT2D eigenvalue weighted by Crippen LogP contribution is 2.31. The molecule has 2 aromatic heterocycles. The molecule has 0 radical (unpaired) electrons. The van der Waals surface area contributed by atoms with Crippen LogP contribution in [0.15, 0.2) is 65.6 Å².